The first-order chi connectivity index (χ1) is 12.8. The summed E-state index contributed by atoms with van der Waals surface area (Å²) in [6.45, 7) is 4.74. The standard InChI is InChI=1S/C21H19N3O3/c1-20(2)11-21(8-15(9-22)18(20)25)12-24(13-21)19(26)14-5-6-16(23-10-14)17-4-3-7-27-17/h3-8,10H,11-13H2,1-2H3. The van der Waals surface area contributed by atoms with Crippen LogP contribution in [0.5, 0.6) is 0 Å². The van der Waals surface area contributed by atoms with E-state index in [0.717, 1.165) is 0 Å². The highest BCUT2D eigenvalue weighted by Crippen LogP contribution is 2.48. The van der Waals surface area contributed by atoms with Crippen LogP contribution in [0.3, 0.4) is 0 Å². The third-order valence-electron chi connectivity index (χ3n) is 5.31. The molecule has 1 aliphatic heterocycles. The van der Waals surface area contributed by atoms with Crippen LogP contribution in [0.4, 0.5) is 0 Å². The van der Waals surface area contributed by atoms with Crippen molar-refractivity contribution in [1.82, 2.24) is 9.88 Å². The van der Waals surface area contributed by atoms with Crippen LogP contribution >= 0.6 is 0 Å². The summed E-state index contributed by atoms with van der Waals surface area (Å²) in [5.74, 6) is 0.444. The Morgan fingerprint density at radius 1 is 1.30 bits per heavy atom. The minimum Gasteiger partial charge on any atom is -0.463 e. The maximum Gasteiger partial charge on any atom is 0.255 e. The molecule has 0 aromatic carbocycles. The van der Waals surface area contributed by atoms with Gasteiger partial charge in [0.05, 0.1) is 17.4 Å². The van der Waals surface area contributed by atoms with Crippen molar-refractivity contribution < 1.29 is 14.0 Å². The first-order valence-electron chi connectivity index (χ1n) is 8.81. The highest BCUT2D eigenvalue weighted by molar-refractivity contribution is 6.04. The van der Waals surface area contributed by atoms with Crippen LogP contribution in [-0.2, 0) is 4.79 Å². The number of nitrogens with zero attached hydrogens (tertiary/aromatic N) is 3. The van der Waals surface area contributed by atoms with Gasteiger partial charge in [-0.1, -0.05) is 19.9 Å². The summed E-state index contributed by atoms with van der Waals surface area (Å²) < 4.78 is 5.31. The molecule has 1 amide bonds. The van der Waals surface area contributed by atoms with Crippen LogP contribution in [0, 0.1) is 22.2 Å². The second kappa shape index (κ2) is 5.92. The molecule has 2 aromatic rings. The molecule has 1 aliphatic carbocycles. The van der Waals surface area contributed by atoms with Crippen molar-refractivity contribution in [3.63, 3.8) is 0 Å². The lowest BCUT2D eigenvalue weighted by atomic mass is 9.61. The Morgan fingerprint density at radius 3 is 2.67 bits per heavy atom. The molecule has 27 heavy (non-hydrogen) atoms. The van der Waals surface area contributed by atoms with E-state index < -0.39 is 5.41 Å². The Kier molecular flexibility index (Phi) is 3.77. The number of pyridine rings is 1. The highest BCUT2D eigenvalue weighted by Gasteiger charge is 2.52. The number of likely N-dealkylation sites (tertiary alicyclic amines) is 1. The average molecular weight is 361 g/mol. The molecule has 0 radical (unpaired) electrons. The number of allylic oxidation sites excluding steroid dienone is 1. The third-order valence-corrected chi connectivity index (χ3v) is 5.31. The Bertz CT molecular complexity index is 973. The molecule has 3 heterocycles. The molecule has 1 saturated heterocycles. The van der Waals surface area contributed by atoms with E-state index in [1.165, 1.54) is 0 Å². The van der Waals surface area contributed by atoms with Crippen LogP contribution in [-0.4, -0.2) is 34.7 Å². The first-order valence-corrected chi connectivity index (χ1v) is 8.81. The zero-order chi connectivity index (χ0) is 19.2. The quantitative estimate of drug-likeness (QED) is 0.819. The number of hydrogen-bond donors (Lipinski definition) is 0. The van der Waals surface area contributed by atoms with Gasteiger partial charge in [-0.05, 0) is 30.7 Å². The molecule has 4 rings (SSSR count). The number of rotatable bonds is 2. The lowest BCUT2D eigenvalue weighted by Gasteiger charge is -2.53. The molecule has 6 heteroatoms. The number of carbonyl (C=O) groups is 2. The van der Waals surface area contributed by atoms with Crippen molar-refractivity contribution in [2.45, 2.75) is 20.3 Å². The molecule has 2 aromatic heterocycles. The van der Waals surface area contributed by atoms with Crippen molar-refractivity contribution in [3.8, 4) is 17.5 Å². The van der Waals surface area contributed by atoms with Gasteiger partial charge in [0.25, 0.3) is 5.91 Å². The van der Waals surface area contributed by atoms with E-state index >= 15 is 0 Å². The molecular weight excluding hydrogens is 342 g/mol. The van der Waals surface area contributed by atoms with Crippen LogP contribution in [0.1, 0.15) is 30.6 Å². The summed E-state index contributed by atoms with van der Waals surface area (Å²) in [4.78, 5) is 31.1. The molecule has 1 fully saturated rings. The van der Waals surface area contributed by atoms with Gasteiger partial charge in [-0.15, -0.1) is 0 Å². The first kappa shape index (κ1) is 17.2. The topological polar surface area (TPSA) is 87.2 Å². The van der Waals surface area contributed by atoms with Crippen LogP contribution in [0.25, 0.3) is 11.5 Å². The maximum atomic E-state index is 12.7. The molecule has 0 atom stereocenters. The number of amides is 1. The van der Waals surface area contributed by atoms with Crippen LogP contribution in [0.15, 0.2) is 52.8 Å². The lowest BCUT2D eigenvalue weighted by Crippen LogP contribution is -2.60. The smallest absolute Gasteiger partial charge is 0.255 e. The van der Waals surface area contributed by atoms with Gasteiger partial charge in [-0.2, -0.15) is 5.26 Å². The molecule has 2 aliphatic rings. The number of furan rings is 1. The van der Waals surface area contributed by atoms with Gasteiger partial charge in [0.1, 0.15) is 11.8 Å². The van der Waals surface area contributed by atoms with Crippen molar-refractivity contribution in [2.75, 3.05) is 13.1 Å². The monoisotopic (exact) mass is 361 g/mol. The highest BCUT2D eigenvalue weighted by atomic mass is 16.3. The second-order valence-corrected chi connectivity index (χ2v) is 7.99. The van der Waals surface area contributed by atoms with Gasteiger partial charge < -0.3 is 9.32 Å². The number of aromatic nitrogens is 1. The summed E-state index contributed by atoms with van der Waals surface area (Å²) in [6.07, 6.45) is 5.54. The van der Waals surface area contributed by atoms with E-state index in [0.29, 0.717) is 36.5 Å². The molecule has 0 N–H and O–H groups in total. The molecule has 0 saturated carbocycles. The summed E-state index contributed by atoms with van der Waals surface area (Å²) in [6, 6.07) is 9.12. The fourth-order valence-corrected chi connectivity index (χ4v) is 4.16. The molecule has 6 nitrogen and oxygen atoms in total. The zero-order valence-corrected chi connectivity index (χ0v) is 15.2. The van der Waals surface area contributed by atoms with E-state index in [2.05, 4.69) is 4.98 Å². The number of carbonyl (C=O) groups excluding carboxylic acids is 2. The number of Topliss-reactive ketones (excluding diaryl/α,β-unsaturated/α-hetero) is 1. The minimum atomic E-state index is -0.582. The normalized spacial score (nSPS) is 20.0. The van der Waals surface area contributed by atoms with E-state index in [1.54, 1.807) is 41.6 Å². The molecule has 1 spiro atoms. The van der Waals surface area contributed by atoms with Gasteiger partial charge in [0.2, 0.25) is 0 Å². The van der Waals surface area contributed by atoms with E-state index in [1.807, 2.05) is 26.0 Å². The zero-order valence-electron chi connectivity index (χ0n) is 15.2. The van der Waals surface area contributed by atoms with Crippen molar-refractivity contribution in [1.29, 1.82) is 5.26 Å². The fraction of sp³-hybridized carbons (Fsp3) is 0.333. The van der Waals surface area contributed by atoms with E-state index in [9.17, 15) is 14.9 Å². The third kappa shape index (κ3) is 2.85. The summed E-state index contributed by atoms with van der Waals surface area (Å²) >= 11 is 0. The Hall–Kier alpha value is -3.20. The largest absolute Gasteiger partial charge is 0.463 e. The van der Waals surface area contributed by atoms with Gasteiger partial charge in [-0.3, -0.25) is 14.6 Å². The Morgan fingerprint density at radius 2 is 2.07 bits per heavy atom. The average Bonchev–Trinajstić information content (AvgIpc) is 3.16. The van der Waals surface area contributed by atoms with E-state index in [4.69, 9.17) is 4.42 Å². The maximum absolute atomic E-state index is 12.7. The van der Waals surface area contributed by atoms with Crippen LogP contribution in [0.2, 0.25) is 0 Å². The fourth-order valence-electron chi connectivity index (χ4n) is 4.16. The number of ketones is 1. The van der Waals surface area contributed by atoms with Gasteiger partial charge in [0, 0.05) is 30.1 Å². The predicted molar refractivity (Wildman–Crippen MR) is 97.4 cm³/mol. The summed E-state index contributed by atoms with van der Waals surface area (Å²) in [5.41, 5.74) is 0.519. The molecular formula is C21H19N3O3. The molecule has 136 valence electrons. The SMILES string of the molecule is CC1(C)CC2(C=C(C#N)C1=O)CN(C(=O)c1ccc(-c3ccco3)nc1)C2. The van der Waals surface area contributed by atoms with Crippen molar-refractivity contribution >= 4 is 11.7 Å². The Balaban J connectivity index is 1.49. The van der Waals surface area contributed by atoms with Gasteiger partial charge >= 0.3 is 0 Å². The molecule has 0 bridgehead atoms. The van der Waals surface area contributed by atoms with Gasteiger partial charge in [-0.25, -0.2) is 0 Å². The summed E-state index contributed by atoms with van der Waals surface area (Å²) in [5, 5.41) is 9.27. The molecule has 0 unspecified atom stereocenters. The van der Waals surface area contributed by atoms with E-state index in [-0.39, 0.29) is 22.7 Å². The van der Waals surface area contributed by atoms with Crippen molar-refractivity contribution in [3.05, 3.63) is 53.9 Å². The second-order valence-electron chi connectivity index (χ2n) is 7.99. The van der Waals surface area contributed by atoms with Crippen molar-refractivity contribution in [2.24, 2.45) is 10.8 Å². The van der Waals surface area contributed by atoms with Crippen LogP contribution < -0.4 is 0 Å². The number of nitriles is 1. The predicted octanol–water partition coefficient (Wildman–Crippen LogP) is 3.23. The Labute approximate surface area is 157 Å². The summed E-state index contributed by atoms with van der Waals surface area (Å²) in [7, 11) is 0. The minimum absolute atomic E-state index is 0.0965. The number of hydrogen-bond acceptors (Lipinski definition) is 5. The lowest BCUT2D eigenvalue weighted by molar-refractivity contribution is -0.127. The van der Waals surface area contributed by atoms with Gasteiger partial charge in [0.15, 0.2) is 11.5 Å².